The van der Waals surface area contributed by atoms with Crippen molar-refractivity contribution in [2.24, 2.45) is 0 Å². The summed E-state index contributed by atoms with van der Waals surface area (Å²) >= 11 is 0. The third-order valence-electron chi connectivity index (χ3n) is 4.10. The van der Waals surface area contributed by atoms with Gasteiger partial charge in [0.15, 0.2) is 0 Å². The van der Waals surface area contributed by atoms with Crippen molar-refractivity contribution in [1.29, 1.82) is 0 Å². The third-order valence-corrected chi connectivity index (χ3v) is 4.10. The number of aryl methyl sites for hydroxylation is 1. The molecular formula is C20H17NO5. The van der Waals surface area contributed by atoms with E-state index in [0.29, 0.717) is 16.9 Å². The van der Waals surface area contributed by atoms with E-state index in [0.717, 1.165) is 10.8 Å². The maximum absolute atomic E-state index is 12.7. The number of rotatable bonds is 4. The van der Waals surface area contributed by atoms with Crippen molar-refractivity contribution in [3.05, 3.63) is 65.2 Å². The number of nitrogens with one attached hydrogen (secondary N) is 1. The lowest BCUT2D eigenvalue weighted by atomic mass is 10.0. The molecule has 0 heterocycles. The first-order chi connectivity index (χ1) is 12.4. The van der Waals surface area contributed by atoms with Crippen molar-refractivity contribution < 1.29 is 24.5 Å². The minimum Gasteiger partial charge on any atom is -0.507 e. The van der Waals surface area contributed by atoms with Crippen LogP contribution in [0.1, 0.15) is 26.3 Å². The Morgan fingerprint density at radius 3 is 2.27 bits per heavy atom. The van der Waals surface area contributed by atoms with Gasteiger partial charge in [-0.05, 0) is 47.5 Å². The van der Waals surface area contributed by atoms with E-state index in [9.17, 15) is 19.8 Å². The average molecular weight is 351 g/mol. The van der Waals surface area contributed by atoms with Crippen molar-refractivity contribution in [2.75, 3.05) is 12.4 Å². The number of hydrogen-bond acceptors (Lipinski definition) is 4. The fourth-order valence-electron chi connectivity index (χ4n) is 2.78. The molecule has 26 heavy (non-hydrogen) atoms. The predicted molar refractivity (Wildman–Crippen MR) is 98.3 cm³/mol. The summed E-state index contributed by atoms with van der Waals surface area (Å²) in [7, 11) is 1.48. The van der Waals surface area contributed by atoms with Gasteiger partial charge in [-0.15, -0.1) is 0 Å². The second-order valence-corrected chi connectivity index (χ2v) is 5.85. The van der Waals surface area contributed by atoms with E-state index in [1.807, 2.05) is 24.3 Å². The first-order valence-electron chi connectivity index (χ1n) is 7.85. The Kier molecular flexibility index (Phi) is 4.49. The molecule has 3 N–H and O–H groups in total. The van der Waals surface area contributed by atoms with Crippen LogP contribution in [0.2, 0.25) is 0 Å². The van der Waals surface area contributed by atoms with Gasteiger partial charge in [-0.1, -0.05) is 24.3 Å². The van der Waals surface area contributed by atoms with E-state index in [4.69, 9.17) is 4.74 Å². The molecule has 6 heteroatoms. The number of aromatic carboxylic acids is 1. The van der Waals surface area contributed by atoms with Crippen LogP contribution in [0, 0.1) is 6.92 Å². The average Bonchev–Trinajstić information content (AvgIpc) is 2.63. The Morgan fingerprint density at radius 2 is 1.65 bits per heavy atom. The fraction of sp³-hybridized carbons (Fsp3) is 0.100. The summed E-state index contributed by atoms with van der Waals surface area (Å²) in [6.07, 6.45) is 0. The smallest absolute Gasteiger partial charge is 0.339 e. The Morgan fingerprint density at radius 1 is 1.00 bits per heavy atom. The van der Waals surface area contributed by atoms with E-state index in [-0.39, 0.29) is 17.0 Å². The highest BCUT2D eigenvalue weighted by Gasteiger charge is 2.17. The Labute approximate surface area is 149 Å². The first-order valence-corrected chi connectivity index (χ1v) is 7.85. The second-order valence-electron chi connectivity index (χ2n) is 5.85. The summed E-state index contributed by atoms with van der Waals surface area (Å²) in [5.74, 6) is -1.62. The molecule has 0 saturated carbocycles. The number of methoxy groups -OCH3 is 1. The van der Waals surface area contributed by atoms with E-state index in [2.05, 4.69) is 5.32 Å². The molecule has 0 spiro atoms. The highest BCUT2D eigenvalue weighted by Crippen LogP contribution is 2.29. The number of carboxylic acid groups (broad SMARTS) is 1. The lowest BCUT2D eigenvalue weighted by Crippen LogP contribution is -2.14. The number of phenols is 1. The van der Waals surface area contributed by atoms with Crippen LogP contribution in [-0.4, -0.2) is 29.2 Å². The van der Waals surface area contributed by atoms with Gasteiger partial charge in [-0.3, -0.25) is 4.79 Å². The van der Waals surface area contributed by atoms with Crippen LogP contribution in [0.15, 0.2) is 48.5 Å². The van der Waals surface area contributed by atoms with E-state index < -0.39 is 11.9 Å². The highest BCUT2D eigenvalue weighted by atomic mass is 16.5. The topological polar surface area (TPSA) is 95.9 Å². The SMILES string of the molecule is COc1cc2ccccc2cc1C(=O)Nc1cc(C)c(O)c(C(=O)O)c1. The van der Waals surface area contributed by atoms with Gasteiger partial charge in [0.25, 0.3) is 5.91 Å². The normalized spacial score (nSPS) is 10.5. The lowest BCUT2D eigenvalue weighted by Gasteiger charge is -2.13. The van der Waals surface area contributed by atoms with E-state index in [1.54, 1.807) is 19.1 Å². The maximum Gasteiger partial charge on any atom is 0.339 e. The van der Waals surface area contributed by atoms with Crippen LogP contribution >= 0.6 is 0 Å². The van der Waals surface area contributed by atoms with Crippen molar-refractivity contribution in [2.45, 2.75) is 6.92 Å². The molecule has 3 aromatic carbocycles. The molecule has 0 radical (unpaired) electrons. The third kappa shape index (κ3) is 3.17. The standard InChI is InChI=1S/C20H17NO5/c1-11-7-14(10-16(18(11)22)20(24)25)21-19(23)15-8-12-5-3-4-6-13(12)9-17(15)26-2/h3-10,22H,1-2H3,(H,21,23)(H,24,25). The molecule has 3 aromatic rings. The highest BCUT2D eigenvalue weighted by molar-refractivity contribution is 6.09. The van der Waals surface area contributed by atoms with Gasteiger partial charge in [-0.25, -0.2) is 4.79 Å². The minimum atomic E-state index is -1.27. The summed E-state index contributed by atoms with van der Waals surface area (Å²) in [4.78, 5) is 23.9. The zero-order valence-electron chi connectivity index (χ0n) is 14.2. The number of anilines is 1. The number of carbonyl (C=O) groups excluding carboxylic acids is 1. The first kappa shape index (κ1) is 17.3. The molecule has 1 amide bonds. The predicted octanol–water partition coefficient (Wildman–Crippen LogP) is 3.81. The van der Waals surface area contributed by atoms with Crippen LogP contribution in [0.3, 0.4) is 0 Å². The zero-order chi connectivity index (χ0) is 18.8. The summed E-state index contributed by atoms with van der Waals surface area (Å²) in [5, 5.41) is 23.5. The molecule has 0 unspecified atom stereocenters. The summed E-state index contributed by atoms with van der Waals surface area (Å²) in [6, 6.07) is 13.8. The molecule has 6 nitrogen and oxygen atoms in total. The minimum absolute atomic E-state index is 0.272. The van der Waals surface area contributed by atoms with Gasteiger partial charge >= 0.3 is 5.97 Å². The Hall–Kier alpha value is -3.54. The molecule has 0 bridgehead atoms. The van der Waals surface area contributed by atoms with Crippen molar-refractivity contribution >= 4 is 28.3 Å². The Bertz CT molecular complexity index is 1030. The maximum atomic E-state index is 12.7. The van der Waals surface area contributed by atoms with Crippen LogP contribution in [0.25, 0.3) is 10.8 Å². The quantitative estimate of drug-likeness (QED) is 0.621. The molecule has 0 aliphatic carbocycles. The molecular weight excluding hydrogens is 334 g/mol. The number of aromatic hydroxyl groups is 1. The molecule has 0 aliphatic rings. The monoisotopic (exact) mass is 351 g/mol. The van der Waals surface area contributed by atoms with Crippen molar-refractivity contribution in [3.8, 4) is 11.5 Å². The molecule has 3 rings (SSSR count). The number of hydrogen-bond donors (Lipinski definition) is 3. The molecule has 0 aromatic heterocycles. The van der Waals surface area contributed by atoms with Gasteiger partial charge in [0.2, 0.25) is 0 Å². The summed E-state index contributed by atoms with van der Waals surface area (Å²) in [5.41, 5.74) is 0.683. The van der Waals surface area contributed by atoms with Gasteiger partial charge in [0.1, 0.15) is 17.1 Å². The zero-order valence-corrected chi connectivity index (χ0v) is 14.2. The summed E-state index contributed by atoms with van der Waals surface area (Å²) in [6.45, 7) is 1.56. The molecule has 132 valence electrons. The number of amides is 1. The number of carboxylic acids is 1. The van der Waals surface area contributed by atoms with E-state index in [1.165, 1.54) is 19.2 Å². The molecule has 0 saturated heterocycles. The number of carbonyl (C=O) groups is 2. The van der Waals surface area contributed by atoms with Crippen molar-refractivity contribution in [3.63, 3.8) is 0 Å². The van der Waals surface area contributed by atoms with Crippen LogP contribution in [0.5, 0.6) is 11.5 Å². The largest absolute Gasteiger partial charge is 0.507 e. The molecule has 0 atom stereocenters. The van der Waals surface area contributed by atoms with Crippen molar-refractivity contribution in [1.82, 2.24) is 0 Å². The van der Waals surface area contributed by atoms with Gasteiger partial charge in [-0.2, -0.15) is 0 Å². The number of benzene rings is 3. The van der Waals surface area contributed by atoms with Crippen LogP contribution < -0.4 is 10.1 Å². The van der Waals surface area contributed by atoms with Gasteiger partial charge in [0.05, 0.1) is 12.7 Å². The number of ether oxygens (including phenoxy) is 1. The number of fused-ring (bicyclic) bond motifs is 1. The van der Waals surface area contributed by atoms with E-state index >= 15 is 0 Å². The molecule has 0 aliphatic heterocycles. The van der Waals surface area contributed by atoms with Crippen LogP contribution in [0.4, 0.5) is 5.69 Å². The van der Waals surface area contributed by atoms with Gasteiger partial charge < -0.3 is 20.3 Å². The fourth-order valence-corrected chi connectivity index (χ4v) is 2.78. The van der Waals surface area contributed by atoms with Crippen LogP contribution in [-0.2, 0) is 0 Å². The lowest BCUT2D eigenvalue weighted by molar-refractivity contribution is 0.0693. The second kappa shape index (κ2) is 6.76. The Balaban J connectivity index is 2.00. The molecule has 0 fully saturated rings. The van der Waals surface area contributed by atoms with Gasteiger partial charge in [0, 0.05) is 5.69 Å². The summed E-state index contributed by atoms with van der Waals surface area (Å²) < 4.78 is 5.32.